The van der Waals surface area contributed by atoms with Gasteiger partial charge in [-0.05, 0) is 26.7 Å². The Balaban J connectivity index is -0.0000000677. The number of alkyl halides is 6. The fraction of sp³-hybridized carbons (Fsp3) is 0.714. The molecule has 0 spiro atoms. The number of nitriles is 6. The lowest BCUT2D eigenvalue weighted by molar-refractivity contribution is 0.877. The topological polar surface area (TPSA) is 143 Å². The fourth-order valence-electron chi connectivity index (χ4n) is 0.559. The van der Waals surface area contributed by atoms with Gasteiger partial charge in [0.15, 0.2) is 0 Å². The van der Waals surface area contributed by atoms with Crippen LogP contribution in [0.2, 0.25) is 0 Å². The second kappa shape index (κ2) is 45.3. The zero-order chi connectivity index (χ0) is 27.7. The molecular weight excluding hydrogens is 816 g/mol. The van der Waals surface area contributed by atoms with Crippen molar-refractivity contribution in [2.75, 3.05) is 5.33 Å². The average molecular weight is 846 g/mol. The lowest BCUT2D eigenvalue weighted by Crippen LogP contribution is -2.09. The average Bonchev–Trinajstić information content (AvgIpc) is 2.78. The monoisotopic (exact) mass is 840 g/mol. The Morgan fingerprint density at radius 2 is 1.09 bits per heavy atom. The van der Waals surface area contributed by atoms with E-state index in [0.29, 0.717) is 17.7 Å². The summed E-state index contributed by atoms with van der Waals surface area (Å²) in [5.41, 5.74) is 0. The van der Waals surface area contributed by atoms with Crippen molar-refractivity contribution in [2.24, 2.45) is 0 Å². The molecule has 0 aliphatic rings. The zero-order valence-corrected chi connectivity index (χ0v) is 28.9. The molecule has 5 atom stereocenters. The van der Waals surface area contributed by atoms with Crippen LogP contribution >= 0.6 is 95.6 Å². The minimum Gasteiger partial charge on any atom is -0.199 e. The molecule has 0 aliphatic carbocycles. The molecule has 186 valence electrons. The third kappa shape index (κ3) is 89.1. The predicted molar refractivity (Wildman–Crippen MR) is 158 cm³/mol. The first-order chi connectivity index (χ1) is 15.4. The summed E-state index contributed by atoms with van der Waals surface area (Å²) in [5.74, 6) is 0. The number of hydrogen-bond donors (Lipinski definition) is 0. The minimum atomic E-state index is -0.0486. The van der Waals surface area contributed by atoms with Crippen LogP contribution in [0.25, 0.3) is 0 Å². The highest BCUT2D eigenvalue weighted by Gasteiger charge is 2.10. The Morgan fingerprint density at radius 1 is 0.727 bits per heavy atom. The van der Waals surface area contributed by atoms with E-state index in [1.165, 1.54) is 6.92 Å². The van der Waals surface area contributed by atoms with Gasteiger partial charge in [0.25, 0.3) is 0 Å². The lowest BCUT2D eigenvalue weighted by Gasteiger charge is -2.03. The van der Waals surface area contributed by atoms with Crippen molar-refractivity contribution < 1.29 is 0 Å². The molecule has 0 aliphatic heterocycles. The molecule has 0 saturated heterocycles. The van der Waals surface area contributed by atoms with E-state index < -0.39 is 0 Å². The number of hydrogen-bond acceptors (Lipinski definition) is 6. The predicted octanol–water partition coefficient (Wildman–Crippen LogP) is 8.93. The van der Waals surface area contributed by atoms with E-state index in [1.807, 2.05) is 38.1 Å². The van der Waals surface area contributed by atoms with E-state index >= 15 is 0 Å². The van der Waals surface area contributed by atoms with Gasteiger partial charge in [0.05, 0.1) is 46.1 Å². The van der Waals surface area contributed by atoms with Gasteiger partial charge in [0.1, 0.15) is 4.83 Å². The summed E-state index contributed by atoms with van der Waals surface area (Å²) >= 11 is 19.0. The van der Waals surface area contributed by atoms with Gasteiger partial charge >= 0.3 is 0 Å². The van der Waals surface area contributed by atoms with Crippen molar-refractivity contribution in [1.29, 1.82) is 31.6 Å². The molecule has 0 bridgehead atoms. The van der Waals surface area contributed by atoms with Crippen molar-refractivity contribution >= 4 is 95.6 Å². The maximum Gasteiger partial charge on any atom is 0.114 e. The van der Waals surface area contributed by atoms with Crippen LogP contribution < -0.4 is 0 Å². The summed E-state index contributed by atoms with van der Waals surface area (Å²) in [6, 6.07) is 11.8. The summed E-state index contributed by atoms with van der Waals surface area (Å²) in [5, 5.41) is 48.2. The van der Waals surface area contributed by atoms with Crippen LogP contribution in [0.4, 0.5) is 0 Å². The van der Waals surface area contributed by atoms with Gasteiger partial charge in [-0.25, -0.2) is 0 Å². The Bertz CT molecular complexity index is 613. The van der Waals surface area contributed by atoms with Crippen LogP contribution in [-0.2, 0) is 0 Å². The van der Waals surface area contributed by atoms with Crippen molar-refractivity contribution in [3.05, 3.63) is 0 Å². The molecule has 0 aromatic carbocycles. The van der Waals surface area contributed by atoms with Gasteiger partial charge in [-0.1, -0.05) is 109 Å². The van der Waals surface area contributed by atoms with Gasteiger partial charge in [0.2, 0.25) is 0 Å². The van der Waals surface area contributed by atoms with Crippen molar-refractivity contribution in [3.8, 4) is 36.4 Å². The van der Waals surface area contributed by atoms with Crippen molar-refractivity contribution in [3.63, 3.8) is 0 Å². The third-order valence-corrected chi connectivity index (χ3v) is 6.00. The molecule has 0 fully saturated rings. The smallest absolute Gasteiger partial charge is 0.114 e. The summed E-state index contributed by atoms with van der Waals surface area (Å²) < 4.78 is 0. The van der Waals surface area contributed by atoms with Gasteiger partial charge in [0, 0.05) is 34.7 Å². The normalized spacial score (nSPS) is 11.9. The zero-order valence-electron chi connectivity index (χ0n) is 19.4. The molecule has 0 saturated carbocycles. The van der Waals surface area contributed by atoms with Crippen LogP contribution in [0.1, 0.15) is 60.3 Å². The number of nitrogens with zero attached hydrogens (tertiary/aromatic N) is 6. The van der Waals surface area contributed by atoms with Crippen molar-refractivity contribution in [2.45, 2.75) is 84.4 Å². The largest absolute Gasteiger partial charge is 0.199 e. The third-order valence-electron chi connectivity index (χ3n) is 1.98. The fourth-order valence-corrected chi connectivity index (χ4v) is 1.48. The molecule has 0 N–H and O–H groups in total. The molecule has 0 radical (unpaired) electrons. The second-order valence-corrected chi connectivity index (χ2v) is 12.5. The van der Waals surface area contributed by atoms with Crippen LogP contribution in [0.5, 0.6) is 0 Å². The Kier molecular flexibility index (Phi) is 63.5. The minimum absolute atomic E-state index is 0.00231. The summed E-state index contributed by atoms with van der Waals surface area (Å²) in [6.45, 7) is 8.97. The quantitative estimate of drug-likeness (QED) is 0.200. The van der Waals surface area contributed by atoms with Gasteiger partial charge < -0.3 is 0 Å². The Morgan fingerprint density at radius 3 is 1.15 bits per heavy atom. The van der Waals surface area contributed by atoms with E-state index in [1.54, 1.807) is 19.9 Å². The molecule has 0 amide bonds. The maximum atomic E-state index is 8.31. The molecule has 12 heteroatoms. The molecule has 0 heterocycles. The van der Waals surface area contributed by atoms with Crippen LogP contribution in [0.3, 0.4) is 0 Å². The van der Waals surface area contributed by atoms with Gasteiger partial charge in [-0.15, -0.1) is 0 Å². The molecule has 5 unspecified atom stereocenters. The standard InChI is InChI=1S/C5H7Br2N.2C4H6BrN.2C3H4BrN.C2H3N/c1-2-4(6)5(7)3-8;1-4(5)2-3-6;5-3-1-2-4-6;2*1-3(4)2-5;1-2-3/h4-5H,2H2,1H3;4H,2H2,1H3;1-3H2;2*3H,1H3;1H3. The highest BCUT2D eigenvalue weighted by molar-refractivity contribution is 9.12. The van der Waals surface area contributed by atoms with E-state index in [-0.39, 0.29) is 19.3 Å². The molecule has 0 aromatic rings. The van der Waals surface area contributed by atoms with Gasteiger partial charge in [-0.3, -0.25) is 0 Å². The molecular formula is C21H30Br6N6. The van der Waals surface area contributed by atoms with Crippen molar-refractivity contribution in [1.82, 2.24) is 0 Å². The molecule has 0 aromatic heterocycles. The molecule has 6 nitrogen and oxygen atoms in total. The van der Waals surface area contributed by atoms with E-state index in [9.17, 15) is 0 Å². The Labute approximate surface area is 251 Å². The number of unbranched alkanes of at least 4 members (excludes halogenated alkanes) is 1. The van der Waals surface area contributed by atoms with Gasteiger partial charge in [-0.2, -0.15) is 31.6 Å². The summed E-state index contributed by atoms with van der Waals surface area (Å²) in [6.07, 6.45) is 3.21. The van der Waals surface area contributed by atoms with Crippen LogP contribution in [0, 0.1) is 68.0 Å². The molecule has 33 heavy (non-hydrogen) atoms. The second-order valence-electron chi connectivity index (χ2n) is 5.26. The molecule has 0 rings (SSSR count). The van der Waals surface area contributed by atoms with E-state index in [2.05, 4.69) is 102 Å². The maximum absolute atomic E-state index is 8.31. The first kappa shape index (κ1) is 46.2. The van der Waals surface area contributed by atoms with Crippen LogP contribution in [-0.4, -0.2) is 29.5 Å². The van der Waals surface area contributed by atoms with Crippen LogP contribution in [0.15, 0.2) is 0 Å². The van der Waals surface area contributed by atoms with E-state index in [0.717, 1.165) is 18.2 Å². The first-order valence-electron chi connectivity index (χ1n) is 9.36. The highest BCUT2D eigenvalue weighted by atomic mass is 79.9. The highest BCUT2D eigenvalue weighted by Crippen LogP contribution is 2.15. The number of rotatable bonds is 5. The van der Waals surface area contributed by atoms with E-state index in [4.69, 9.17) is 31.6 Å². The lowest BCUT2D eigenvalue weighted by atomic mass is 10.3. The number of halogens is 6. The summed E-state index contributed by atoms with van der Waals surface area (Å²) in [7, 11) is 0. The SMILES string of the molecule is CC#N.CC(Br)C#N.CC(Br)C#N.CC(Br)CC#N.CCC(Br)C(Br)C#N.N#CCCCBr. The Hall–Kier alpha value is -0.180. The summed E-state index contributed by atoms with van der Waals surface area (Å²) in [4.78, 5) is 0.590. The first-order valence-corrected chi connectivity index (χ1v) is 15.1.